The molecule has 0 aliphatic carbocycles. The molecule has 0 saturated carbocycles. The Bertz CT molecular complexity index is 187. The molecule has 1 N–H and O–H groups in total. The number of hydrogen-bond acceptors (Lipinski definition) is 3. The van der Waals surface area contributed by atoms with E-state index in [4.69, 9.17) is 5.26 Å². The summed E-state index contributed by atoms with van der Waals surface area (Å²) in [5, 5.41) is 11.9. The van der Waals surface area contributed by atoms with Gasteiger partial charge in [-0.25, -0.2) is 0 Å². The van der Waals surface area contributed by atoms with Crippen LogP contribution >= 0.6 is 0 Å². The van der Waals surface area contributed by atoms with Gasteiger partial charge < -0.3 is 0 Å². The molecule has 68 valence electrons. The Labute approximate surface area is 74.4 Å². The maximum Gasteiger partial charge on any atom is 0.108 e. The average molecular weight is 167 g/mol. The Morgan fingerprint density at radius 3 is 2.67 bits per heavy atom. The first-order chi connectivity index (χ1) is 5.54. The molecule has 0 aromatic rings. The third-order valence-electron chi connectivity index (χ3n) is 2.28. The predicted molar refractivity (Wildman–Crippen MR) is 48.7 cm³/mol. The summed E-state index contributed by atoms with van der Waals surface area (Å²) >= 11 is 0. The fourth-order valence-corrected chi connectivity index (χ4v) is 1.45. The van der Waals surface area contributed by atoms with Crippen molar-refractivity contribution in [2.75, 3.05) is 19.6 Å². The molecule has 1 aliphatic heterocycles. The SMILES string of the molecule is CC(C)(C)N1CCNC(C#N)C1. The van der Waals surface area contributed by atoms with Crippen LogP contribution in [-0.4, -0.2) is 36.1 Å². The minimum atomic E-state index is 0.0120. The Morgan fingerprint density at radius 2 is 2.17 bits per heavy atom. The molecule has 3 heteroatoms. The second kappa shape index (κ2) is 3.42. The Hall–Kier alpha value is -0.590. The third kappa shape index (κ3) is 2.20. The Kier molecular flexibility index (Phi) is 2.71. The first kappa shape index (κ1) is 9.50. The van der Waals surface area contributed by atoms with E-state index < -0.39 is 0 Å². The van der Waals surface area contributed by atoms with Crippen molar-refractivity contribution in [1.82, 2.24) is 10.2 Å². The van der Waals surface area contributed by atoms with E-state index in [9.17, 15) is 0 Å². The van der Waals surface area contributed by atoms with Gasteiger partial charge in [0.1, 0.15) is 6.04 Å². The van der Waals surface area contributed by atoms with Crippen LogP contribution in [0.15, 0.2) is 0 Å². The second-order valence-corrected chi connectivity index (χ2v) is 4.25. The molecule has 0 radical (unpaired) electrons. The average Bonchev–Trinajstić information content (AvgIpc) is 2.03. The summed E-state index contributed by atoms with van der Waals surface area (Å²) in [6.07, 6.45) is 0. The minimum Gasteiger partial charge on any atom is -0.300 e. The van der Waals surface area contributed by atoms with E-state index in [1.165, 1.54) is 0 Å². The molecule has 3 nitrogen and oxygen atoms in total. The molecule has 0 bridgehead atoms. The minimum absolute atomic E-state index is 0.0120. The summed E-state index contributed by atoms with van der Waals surface area (Å²) in [5.74, 6) is 0. The molecular formula is C9H17N3. The van der Waals surface area contributed by atoms with E-state index in [1.807, 2.05) is 0 Å². The van der Waals surface area contributed by atoms with Gasteiger partial charge in [-0.1, -0.05) is 0 Å². The molecule has 1 heterocycles. The highest BCUT2D eigenvalue weighted by Gasteiger charge is 2.26. The standard InChI is InChI=1S/C9H17N3/c1-9(2,3)12-5-4-11-8(6-10)7-12/h8,11H,4-5,7H2,1-3H3. The smallest absolute Gasteiger partial charge is 0.108 e. The zero-order valence-corrected chi connectivity index (χ0v) is 8.09. The van der Waals surface area contributed by atoms with Crippen molar-refractivity contribution in [3.63, 3.8) is 0 Å². The van der Waals surface area contributed by atoms with Crippen molar-refractivity contribution >= 4 is 0 Å². The Balaban J connectivity index is 2.53. The maximum atomic E-state index is 8.74. The van der Waals surface area contributed by atoms with E-state index >= 15 is 0 Å². The molecule has 12 heavy (non-hydrogen) atoms. The molecule has 1 unspecified atom stereocenters. The molecule has 0 aromatic heterocycles. The zero-order valence-electron chi connectivity index (χ0n) is 8.09. The number of nitrogens with zero attached hydrogens (tertiary/aromatic N) is 2. The van der Waals surface area contributed by atoms with Crippen molar-refractivity contribution in [2.45, 2.75) is 32.4 Å². The lowest BCUT2D eigenvalue weighted by atomic mass is 10.0. The van der Waals surface area contributed by atoms with Crippen LogP contribution in [0.25, 0.3) is 0 Å². The molecule has 1 saturated heterocycles. The maximum absolute atomic E-state index is 8.74. The number of nitriles is 1. The van der Waals surface area contributed by atoms with Crippen LogP contribution < -0.4 is 5.32 Å². The van der Waals surface area contributed by atoms with E-state index in [-0.39, 0.29) is 11.6 Å². The molecular weight excluding hydrogens is 150 g/mol. The number of hydrogen-bond donors (Lipinski definition) is 1. The van der Waals surface area contributed by atoms with Crippen LogP contribution in [0.1, 0.15) is 20.8 Å². The van der Waals surface area contributed by atoms with Gasteiger partial charge in [-0.2, -0.15) is 5.26 Å². The van der Waals surface area contributed by atoms with Crippen molar-refractivity contribution in [1.29, 1.82) is 5.26 Å². The van der Waals surface area contributed by atoms with E-state index in [2.05, 4.69) is 37.1 Å². The first-order valence-corrected chi connectivity index (χ1v) is 4.42. The first-order valence-electron chi connectivity index (χ1n) is 4.42. The van der Waals surface area contributed by atoms with E-state index in [0.717, 1.165) is 19.6 Å². The zero-order chi connectivity index (χ0) is 9.19. The summed E-state index contributed by atoms with van der Waals surface area (Å²) in [6, 6.07) is 2.27. The van der Waals surface area contributed by atoms with Crippen molar-refractivity contribution in [2.24, 2.45) is 0 Å². The fourth-order valence-electron chi connectivity index (χ4n) is 1.45. The van der Waals surface area contributed by atoms with Gasteiger partial charge in [0.15, 0.2) is 0 Å². The van der Waals surface area contributed by atoms with Crippen LogP contribution in [0.3, 0.4) is 0 Å². The van der Waals surface area contributed by atoms with Crippen LogP contribution in [-0.2, 0) is 0 Å². The van der Waals surface area contributed by atoms with Crippen molar-refractivity contribution < 1.29 is 0 Å². The molecule has 0 spiro atoms. The highest BCUT2D eigenvalue weighted by Crippen LogP contribution is 2.14. The summed E-state index contributed by atoms with van der Waals surface area (Å²) in [7, 11) is 0. The fraction of sp³-hybridized carbons (Fsp3) is 0.889. The van der Waals surface area contributed by atoms with E-state index in [1.54, 1.807) is 0 Å². The van der Waals surface area contributed by atoms with Crippen LogP contribution in [0.2, 0.25) is 0 Å². The summed E-state index contributed by atoms with van der Waals surface area (Å²) in [4.78, 5) is 2.34. The van der Waals surface area contributed by atoms with Gasteiger partial charge >= 0.3 is 0 Å². The summed E-state index contributed by atoms with van der Waals surface area (Å²) in [5.41, 5.74) is 0.192. The monoisotopic (exact) mass is 167 g/mol. The molecule has 1 aliphatic rings. The van der Waals surface area contributed by atoms with Gasteiger partial charge in [0.2, 0.25) is 0 Å². The van der Waals surface area contributed by atoms with Gasteiger partial charge in [-0.3, -0.25) is 10.2 Å². The van der Waals surface area contributed by atoms with Crippen molar-refractivity contribution in [3.8, 4) is 6.07 Å². The second-order valence-electron chi connectivity index (χ2n) is 4.25. The molecule has 1 rings (SSSR count). The van der Waals surface area contributed by atoms with Crippen LogP contribution in [0, 0.1) is 11.3 Å². The Morgan fingerprint density at radius 1 is 1.50 bits per heavy atom. The van der Waals surface area contributed by atoms with Crippen LogP contribution in [0.5, 0.6) is 0 Å². The van der Waals surface area contributed by atoms with Gasteiger partial charge in [0.05, 0.1) is 6.07 Å². The highest BCUT2D eigenvalue weighted by atomic mass is 15.2. The summed E-state index contributed by atoms with van der Waals surface area (Å²) < 4.78 is 0. The normalized spacial score (nSPS) is 26.7. The van der Waals surface area contributed by atoms with Gasteiger partial charge in [-0.15, -0.1) is 0 Å². The predicted octanol–water partition coefficient (Wildman–Crippen LogP) is 0.582. The number of rotatable bonds is 0. The van der Waals surface area contributed by atoms with E-state index in [0.29, 0.717) is 0 Å². The molecule has 0 aromatic carbocycles. The summed E-state index contributed by atoms with van der Waals surface area (Å²) in [6.45, 7) is 9.38. The van der Waals surface area contributed by atoms with Crippen LogP contribution in [0.4, 0.5) is 0 Å². The highest BCUT2D eigenvalue weighted by molar-refractivity contribution is 4.97. The quantitative estimate of drug-likeness (QED) is 0.573. The molecule has 1 fully saturated rings. The van der Waals surface area contributed by atoms with Gasteiger partial charge in [0.25, 0.3) is 0 Å². The van der Waals surface area contributed by atoms with Gasteiger partial charge in [0, 0.05) is 25.2 Å². The lowest BCUT2D eigenvalue weighted by Gasteiger charge is -2.40. The van der Waals surface area contributed by atoms with Gasteiger partial charge in [-0.05, 0) is 20.8 Å². The molecule has 1 atom stereocenters. The number of piperazine rings is 1. The topological polar surface area (TPSA) is 39.1 Å². The lowest BCUT2D eigenvalue weighted by Crippen LogP contribution is -2.56. The lowest BCUT2D eigenvalue weighted by molar-refractivity contribution is 0.107. The third-order valence-corrected chi connectivity index (χ3v) is 2.28. The molecule has 0 amide bonds. The van der Waals surface area contributed by atoms with Crippen molar-refractivity contribution in [3.05, 3.63) is 0 Å². The number of nitrogens with one attached hydrogen (secondary N) is 1. The largest absolute Gasteiger partial charge is 0.300 e.